The Bertz CT molecular complexity index is 424. The molecule has 0 aromatic heterocycles. The first-order valence-electron chi connectivity index (χ1n) is 9.27. The van der Waals surface area contributed by atoms with Gasteiger partial charge in [-0.15, -0.1) is 0 Å². The van der Waals surface area contributed by atoms with Crippen LogP contribution in [0.1, 0.15) is 72.6 Å². The molecule has 0 spiro atoms. The summed E-state index contributed by atoms with van der Waals surface area (Å²) in [7, 11) is 0. The first kappa shape index (κ1) is 15.6. The minimum absolute atomic E-state index is 0.407. The van der Waals surface area contributed by atoms with E-state index in [9.17, 15) is 0 Å². The molecule has 3 unspecified atom stereocenters. The van der Waals surface area contributed by atoms with Gasteiger partial charge >= 0.3 is 0 Å². The lowest BCUT2D eigenvalue weighted by molar-refractivity contribution is -0.0194. The molecule has 2 fully saturated rings. The van der Waals surface area contributed by atoms with Crippen molar-refractivity contribution in [1.82, 2.24) is 0 Å². The van der Waals surface area contributed by atoms with Crippen LogP contribution in [0.3, 0.4) is 0 Å². The van der Waals surface area contributed by atoms with Gasteiger partial charge in [0.05, 0.1) is 0 Å². The molecule has 1 heteroatoms. The highest BCUT2D eigenvalue weighted by Crippen LogP contribution is 2.60. The first-order valence-corrected chi connectivity index (χ1v) is 9.27. The summed E-state index contributed by atoms with van der Waals surface area (Å²) in [5.74, 6) is 3.55. The summed E-state index contributed by atoms with van der Waals surface area (Å²) in [6, 6.07) is 0. The van der Waals surface area contributed by atoms with Gasteiger partial charge < -0.3 is 5.73 Å². The van der Waals surface area contributed by atoms with Gasteiger partial charge in [-0.05, 0) is 86.0 Å². The molecule has 21 heavy (non-hydrogen) atoms. The van der Waals surface area contributed by atoms with E-state index in [4.69, 9.17) is 5.73 Å². The topological polar surface area (TPSA) is 26.0 Å². The molecular weight excluding hydrogens is 254 g/mol. The van der Waals surface area contributed by atoms with E-state index in [0.717, 1.165) is 30.2 Å². The van der Waals surface area contributed by atoms with Gasteiger partial charge in [-0.25, -0.2) is 0 Å². The summed E-state index contributed by atoms with van der Waals surface area (Å²) in [5.41, 5.74) is 8.88. The lowest BCUT2D eigenvalue weighted by Crippen LogP contribution is -2.48. The van der Waals surface area contributed by atoms with Crippen molar-refractivity contribution in [3.8, 4) is 0 Å². The van der Waals surface area contributed by atoms with Crippen molar-refractivity contribution in [2.75, 3.05) is 6.54 Å². The molecule has 0 heterocycles. The number of hydrogen-bond donors (Lipinski definition) is 1. The molecule has 2 N–H and O–H groups in total. The average molecular weight is 290 g/mol. The second kappa shape index (κ2) is 5.41. The highest BCUT2D eigenvalue weighted by atomic mass is 14.6. The molecule has 0 aromatic carbocycles. The Kier molecular flexibility index (Phi) is 4.01. The molecule has 3 rings (SSSR count). The lowest BCUT2D eigenvalue weighted by atomic mass is 9.48. The minimum atomic E-state index is 0.407. The third kappa shape index (κ3) is 2.60. The Balaban J connectivity index is 1.81. The fourth-order valence-corrected chi connectivity index (χ4v) is 5.66. The van der Waals surface area contributed by atoms with Gasteiger partial charge in [0, 0.05) is 0 Å². The molecule has 1 nitrogen and oxygen atoms in total. The van der Waals surface area contributed by atoms with E-state index in [1.54, 1.807) is 0 Å². The van der Waals surface area contributed by atoms with Gasteiger partial charge in [-0.3, -0.25) is 0 Å². The predicted molar refractivity (Wildman–Crippen MR) is 91.0 cm³/mol. The first-order chi connectivity index (χ1) is 9.88. The Labute approximate surface area is 131 Å². The maximum atomic E-state index is 6.07. The van der Waals surface area contributed by atoms with Crippen LogP contribution >= 0.6 is 0 Å². The standard InChI is InChI=1S/C20H35N/c1-14(2)15-6-8-18-16(11-15)5-7-17-12-19(3,13-21)9-10-20(17,18)4/h5,14-15,17-18H,6-13,21H2,1-4H3/t15?,17?,18?,19-,20-/m0/s1. The van der Waals surface area contributed by atoms with Gasteiger partial charge in [0.1, 0.15) is 0 Å². The summed E-state index contributed by atoms with van der Waals surface area (Å²) < 4.78 is 0. The van der Waals surface area contributed by atoms with E-state index in [0.29, 0.717) is 10.8 Å². The van der Waals surface area contributed by atoms with Crippen LogP contribution in [0.5, 0.6) is 0 Å². The molecule has 0 aliphatic heterocycles. The van der Waals surface area contributed by atoms with Crippen LogP contribution in [0.4, 0.5) is 0 Å². The molecule has 3 aliphatic rings. The maximum Gasteiger partial charge on any atom is -0.00231 e. The van der Waals surface area contributed by atoms with Crippen molar-refractivity contribution < 1.29 is 0 Å². The highest BCUT2D eigenvalue weighted by Gasteiger charge is 2.51. The second-order valence-electron chi connectivity index (χ2n) is 9.27. The Morgan fingerprint density at radius 3 is 2.67 bits per heavy atom. The molecule has 3 aliphatic carbocycles. The van der Waals surface area contributed by atoms with E-state index >= 15 is 0 Å². The van der Waals surface area contributed by atoms with E-state index in [2.05, 4.69) is 33.8 Å². The van der Waals surface area contributed by atoms with E-state index in [1.165, 1.54) is 44.9 Å². The molecule has 0 aromatic rings. The summed E-state index contributed by atoms with van der Waals surface area (Å²) in [4.78, 5) is 0. The third-order valence-corrected chi connectivity index (χ3v) is 7.61. The van der Waals surface area contributed by atoms with Crippen molar-refractivity contribution in [2.24, 2.45) is 40.2 Å². The van der Waals surface area contributed by atoms with Crippen LogP contribution in [-0.4, -0.2) is 6.54 Å². The van der Waals surface area contributed by atoms with Crippen molar-refractivity contribution >= 4 is 0 Å². The normalized spacial score (nSPS) is 46.8. The van der Waals surface area contributed by atoms with Crippen molar-refractivity contribution in [3.63, 3.8) is 0 Å². The molecule has 0 radical (unpaired) electrons. The molecular formula is C20H35N. The minimum Gasteiger partial charge on any atom is -0.330 e. The molecule has 0 saturated heterocycles. The Morgan fingerprint density at radius 1 is 1.24 bits per heavy atom. The molecule has 5 atom stereocenters. The van der Waals surface area contributed by atoms with E-state index in [-0.39, 0.29) is 0 Å². The summed E-state index contributed by atoms with van der Waals surface area (Å²) >= 11 is 0. The largest absolute Gasteiger partial charge is 0.330 e. The molecule has 2 saturated carbocycles. The fraction of sp³-hybridized carbons (Fsp3) is 0.900. The third-order valence-electron chi connectivity index (χ3n) is 7.61. The Morgan fingerprint density at radius 2 is 2.00 bits per heavy atom. The number of hydrogen-bond acceptors (Lipinski definition) is 1. The fourth-order valence-electron chi connectivity index (χ4n) is 5.66. The van der Waals surface area contributed by atoms with Gasteiger partial charge in [-0.2, -0.15) is 0 Å². The van der Waals surface area contributed by atoms with Crippen molar-refractivity contribution in [3.05, 3.63) is 11.6 Å². The number of allylic oxidation sites excluding steroid dienone is 2. The molecule has 0 bridgehead atoms. The van der Waals surface area contributed by atoms with Gasteiger partial charge in [-0.1, -0.05) is 39.3 Å². The van der Waals surface area contributed by atoms with Gasteiger partial charge in [0.2, 0.25) is 0 Å². The summed E-state index contributed by atoms with van der Waals surface area (Å²) in [6.07, 6.45) is 12.4. The maximum absolute atomic E-state index is 6.07. The monoisotopic (exact) mass is 289 g/mol. The number of fused-ring (bicyclic) bond motifs is 3. The smallest absolute Gasteiger partial charge is 0.00231 e. The van der Waals surface area contributed by atoms with E-state index < -0.39 is 0 Å². The van der Waals surface area contributed by atoms with Crippen LogP contribution < -0.4 is 5.73 Å². The SMILES string of the molecule is CC(C)C1CCC2C(=CCC3C[C@@](C)(CN)CC[C@@]32C)C1. The van der Waals surface area contributed by atoms with Gasteiger partial charge in [0.25, 0.3) is 0 Å². The van der Waals surface area contributed by atoms with Crippen molar-refractivity contribution in [2.45, 2.75) is 72.6 Å². The van der Waals surface area contributed by atoms with Crippen LogP contribution in [0.25, 0.3) is 0 Å². The van der Waals surface area contributed by atoms with Crippen LogP contribution in [-0.2, 0) is 0 Å². The quantitative estimate of drug-likeness (QED) is 0.698. The van der Waals surface area contributed by atoms with Crippen LogP contribution in [0.15, 0.2) is 11.6 Å². The van der Waals surface area contributed by atoms with Crippen molar-refractivity contribution in [1.29, 1.82) is 0 Å². The highest BCUT2D eigenvalue weighted by molar-refractivity contribution is 5.21. The van der Waals surface area contributed by atoms with E-state index in [1.807, 2.05) is 5.57 Å². The average Bonchev–Trinajstić information content (AvgIpc) is 2.48. The lowest BCUT2D eigenvalue weighted by Gasteiger charge is -2.56. The van der Waals surface area contributed by atoms with Crippen LogP contribution in [0.2, 0.25) is 0 Å². The summed E-state index contributed by atoms with van der Waals surface area (Å²) in [6.45, 7) is 10.7. The zero-order chi connectivity index (χ0) is 15.3. The van der Waals surface area contributed by atoms with Crippen LogP contribution in [0, 0.1) is 34.5 Å². The predicted octanol–water partition coefficient (Wildman–Crippen LogP) is 5.16. The zero-order valence-corrected chi connectivity index (χ0v) is 14.6. The summed E-state index contributed by atoms with van der Waals surface area (Å²) in [5, 5.41) is 0. The Hall–Kier alpha value is -0.300. The molecule has 0 amide bonds. The number of nitrogens with two attached hydrogens (primary N) is 1. The zero-order valence-electron chi connectivity index (χ0n) is 14.6. The van der Waals surface area contributed by atoms with Gasteiger partial charge in [0.15, 0.2) is 0 Å². The number of rotatable bonds is 2. The second-order valence-corrected chi connectivity index (χ2v) is 9.27. The molecule has 120 valence electrons.